The van der Waals surface area contributed by atoms with Crippen molar-refractivity contribution in [3.8, 4) is 0 Å². The lowest BCUT2D eigenvalue weighted by Crippen LogP contribution is -2.33. The molecule has 0 fully saturated rings. The summed E-state index contributed by atoms with van der Waals surface area (Å²) < 4.78 is 13.0. The van der Waals surface area contributed by atoms with Gasteiger partial charge in [-0.2, -0.15) is 0 Å². The normalized spacial score (nSPS) is 9.91. The highest BCUT2D eigenvalue weighted by molar-refractivity contribution is 7.80. The van der Waals surface area contributed by atoms with E-state index in [2.05, 4.69) is 16.2 Å². The molecule has 0 aliphatic heterocycles. The van der Waals surface area contributed by atoms with Crippen LogP contribution >= 0.6 is 23.8 Å². The van der Waals surface area contributed by atoms with Gasteiger partial charge in [0.2, 0.25) is 0 Å². The topological polar surface area (TPSA) is 79.2 Å². The highest BCUT2D eigenvalue weighted by Gasteiger charge is 2.12. The van der Waals surface area contributed by atoms with E-state index in [1.54, 1.807) is 12.1 Å². The van der Waals surface area contributed by atoms with Gasteiger partial charge >= 0.3 is 0 Å². The minimum absolute atomic E-state index is 0.0422. The van der Waals surface area contributed by atoms with Gasteiger partial charge in [0.1, 0.15) is 11.5 Å². The molecular weight excluding hydrogens is 331 g/mol. The Labute approximate surface area is 135 Å². The molecule has 0 atom stereocenters. The van der Waals surface area contributed by atoms with Crippen LogP contribution in [0, 0.1) is 15.9 Å². The van der Waals surface area contributed by atoms with Crippen molar-refractivity contribution in [3.05, 3.63) is 63.4 Å². The summed E-state index contributed by atoms with van der Waals surface area (Å²) in [6, 6.07) is 10.1. The second kappa shape index (κ2) is 7.01. The Bertz CT molecular complexity index is 729. The Morgan fingerprint density at radius 3 is 2.68 bits per heavy atom. The first-order valence-corrected chi connectivity index (χ1v) is 6.77. The molecule has 0 amide bonds. The second-order valence-electron chi connectivity index (χ2n) is 4.11. The van der Waals surface area contributed by atoms with E-state index in [1.807, 2.05) is 0 Å². The summed E-state index contributed by atoms with van der Waals surface area (Å²) in [5.41, 5.74) is 5.89. The number of anilines is 2. The zero-order valence-corrected chi connectivity index (χ0v) is 12.5. The summed E-state index contributed by atoms with van der Waals surface area (Å²) in [5.74, 6) is -0.538. The largest absolute Gasteiger partial charge is 0.331 e. The van der Waals surface area contributed by atoms with E-state index in [4.69, 9.17) is 23.8 Å². The van der Waals surface area contributed by atoms with Crippen molar-refractivity contribution >= 4 is 46.0 Å². The zero-order chi connectivity index (χ0) is 16.1. The smallest absolute Gasteiger partial charge is 0.294 e. The Kier molecular flexibility index (Phi) is 5.08. The molecule has 0 spiro atoms. The van der Waals surface area contributed by atoms with E-state index in [1.165, 1.54) is 30.3 Å². The fraction of sp³-hybridized carbons (Fsp3) is 0. The summed E-state index contributed by atoms with van der Waals surface area (Å²) in [6.07, 6.45) is 0. The monoisotopic (exact) mass is 340 g/mol. The molecule has 2 aromatic carbocycles. The van der Waals surface area contributed by atoms with Gasteiger partial charge in [0.25, 0.3) is 5.69 Å². The quantitative estimate of drug-likeness (QED) is 0.447. The predicted molar refractivity (Wildman–Crippen MR) is 87.5 cm³/mol. The first kappa shape index (κ1) is 15.9. The third kappa shape index (κ3) is 4.03. The molecule has 0 bridgehead atoms. The van der Waals surface area contributed by atoms with Crippen molar-refractivity contribution in [1.82, 2.24) is 5.43 Å². The maximum absolute atomic E-state index is 13.0. The number of benzene rings is 2. The highest BCUT2D eigenvalue weighted by atomic mass is 35.5. The van der Waals surface area contributed by atoms with Crippen molar-refractivity contribution in [3.63, 3.8) is 0 Å². The standard InChI is InChI=1S/C13H10ClFN4O2S/c14-9-7-8(5-6-10(9)15)16-13(22)18-17-11-3-1-2-4-12(11)19(20)21/h1-7,17H,(H2,16,18,22). The van der Waals surface area contributed by atoms with E-state index in [9.17, 15) is 14.5 Å². The summed E-state index contributed by atoms with van der Waals surface area (Å²) >= 11 is 10.7. The lowest BCUT2D eigenvalue weighted by atomic mass is 10.3. The maximum Gasteiger partial charge on any atom is 0.294 e. The van der Waals surface area contributed by atoms with Crippen LogP contribution < -0.4 is 16.2 Å². The van der Waals surface area contributed by atoms with Gasteiger partial charge in [-0.1, -0.05) is 23.7 Å². The molecule has 0 radical (unpaired) electrons. The number of nitrogens with zero attached hydrogens (tertiary/aromatic N) is 1. The van der Waals surface area contributed by atoms with Gasteiger partial charge in [0.05, 0.1) is 9.95 Å². The van der Waals surface area contributed by atoms with Gasteiger partial charge in [-0.15, -0.1) is 0 Å². The van der Waals surface area contributed by atoms with Crippen LogP contribution in [-0.4, -0.2) is 10.0 Å². The molecular formula is C13H10ClFN4O2S. The molecule has 0 saturated carbocycles. The van der Waals surface area contributed by atoms with Crippen molar-refractivity contribution in [2.24, 2.45) is 0 Å². The molecule has 0 aromatic heterocycles. The van der Waals surface area contributed by atoms with E-state index >= 15 is 0 Å². The highest BCUT2D eigenvalue weighted by Crippen LogP contribution is 2.22. The van der Waals surface area contributed by atoms with Gasteiger partial charge in [-0.25, -0.2) is 4.39 Å². The number of para-hydroxylation sites is 2. The number of nitro groups is 1. The maximum atomic E-state index is 13.0. The zero-order valence-electron chi connectivity index (χ0n) is 11.0. The van der Waals surface area contributed by atoms with Crippen LogP contribution in [0.15, 0.2) is 42.5 Å². The molecule has 2 aromatic rings. The minimum Gasteiger partial charge on any atom is -0.331 e. The molecule has 0 heterocycles. The molecule has 0 aliphatic rings. The van der Waals surface area contributed by atoms with Gasteiger partial charge in [-0.05, 0) is 36.5 Å². The molecule has 0 aliphatic carbocycles. The Morgan fingerprint density at radius 2 is 2.00 bits per heavy atom. The van der Waals surface area contributed by atoms with Crippen molar-refractivity contribution < 1.29 is 9.31 Å². The summed E-state index contributed by atoms with van der Waals surface area (Å²) in [5, 5.41) is 13.7. The first-order chi connectivity index (χ1) is 10.5. The minimum atomic E-state index is -0.538. The average molecular weight is 341 g/mol. The van der Waals surface area contributed by atoms with Crippen molar-refractivity contribution in [2.45, 2.75) is 0 Å². The molecule has 2 rings (SSSR count). The van der Waals surface area contributed by atoms with Gasteiger partial charge in [-0.3, -0.25) is 21.0 Å². The number of halogens is 2. The van der Waals surface area contributed by atoms with Crippen molar-refractivity contribution in [2.75, 3.05) is 10.7 Å². The van der Waals surface area contributed by atoms with E-state index in [0.717, 1.165) is 0 Å². The molecule has 0 unspecified atom stereocenters. The van der Waals surface area contributed by atoms with Crippen molar-refractivity contribution in [1.29, 1.82) is 0 Å². The second-order valence-corrected chi connectivity index (χ2v) is 4.92. The molecule has 9 heteroatoms. The van der Waals surface area contributed by atoms with E-state index in [-0.39, 0.29) is 21.5 Å². The number of hydrazine groups is 1. The van der Waals surface area contributed by atoms with Crippen LogP contribution in [0.1, 0.15) is 0 Å². The molecule has 114 valence electrons. The molecule has 3 N–H and O–H groups in total. The summed E-state index contributed by atoms with van der Waals surface area (Å²) in [6.45, 7) is 0. The lowest BCUT2D eigenvalue weighted by molar-refractivity contribution is -0.384. The van der Waals surface area contributed by atoms with Crippen LogP contribution in [-0.2, 0) is 0 Å². The van der Waals surface area contributed by atoms with Crippen LogP contribution in [0.25, 0.3) is 0 Å². The van der Waals surface area contributed by atoms with Gasteiger partial charge in [0, 0.05) is 11.8 Å². The van der Waals surface area contributed by atoms with Gasteiger partial charge in [0.15, 0.2) is 5.11 Å². The number of hydrogen-bond acceptors (Lipinski definition) is 4. The SMILES string of the molecule is O=[N+]([O-])c1ccccc1NNC(=S)Nc1ccc(F)c(Cl)c1. The Hall–Kier alpha value is -2.45. The first-order valence-electron chi connectivity index (χ1n) is 5.99. The van der Waals surface area contributed by atoms with E-state index in [0.29, 0.717) is 5.69 Å². The lowest BCUT2D eigenvalue weighted by Gasteiger charge is -2.12. The molecule has 0 saturated heterocycles. The van der Waals surface area contributed by atoms with E-state index < -0.39 is 10.7 Å². The third-order valence-corrected chi connectivity index (χ3v) is 3.08. The number of nitro benzene ring substituents is 1. The van der Waals surface area contributed by atoms with Crippen LogP contribution in [0.3, 0.4) is 0 Å². The van der Waals surface area contributed by atoms with Crippen LogP contribution in [0.5, 0.6) is 0 Å². The Morgan fingerprint density at radius 1 is 1.27 bits per heavy atom. The third-order valence-electron chi connectivity index (χ3n) is 2.59. The van der Waals surface area contributed by atoms with Crippen LogP contribution in [0.4, 0.5) is 21.5 Å². The molecule has 6 nitrogen and oxygen atoms in total. The summed E-state index contributed by atoms with van der Waals surface area (Å²) in [7, 11) is 0. The van der Waals surface area contributed by atoms with Gasteiger partial charge < -0.3 is 5.32 Å². The summed E-state index contributed by atoms with van der Waals surface area (Å²) in [4.78, 5) is 10.4. The predicted octanol–water partition coefficient (Wildman–Crippen LogP) is 3.70. The Balaban J connectivity index is 1.98. The fourth-order valence-electron chi connectivity index (χ4n) is 1.60. The number of hydrogen-bond donors (Lipinski definition) is 3. The average Bonchev–Trinajstić information content (AvgIpc) is 2.49. The fourth-order valence-corrected chi connectivity index (χ4v) is 1.95. The number of nitrogens with one attached hydrogen (secondary N) is 3. The number of thiocarbonyl (C=S) groups is 1. The van der Waals surface area contributed by atoms with Crippen LogP contribution in [0.2, 0.25) is 5.02 Å². The number of rotatable bonds is 4. The molecule has 22 heavy (non-hydrogen) atoms.